The molecule has 2 nitrogen and oxygen atoms in total. The topological polar surface area (TPSA) is 29.3 Å². The van der Waals surface area contributed by atoms with Crippen molar-refractivity contribution in [2.75, 3.05) is 19.6 Å². The molecule has 0 spiro atoms. The standard InChI is InChI=1S/C13H18Cl2N2/c14-10-4-5-12(15)11(8-10)13(9-16)17-6-2-1-3-7-17/h4-5,8,13H,1-3,6-7,9,16H2. The summed E-state index contributed by atoms with van der Waals surface area (Å²) in [5.41, 5.74) is 6.97. The maximum Gasteiger partial charge on any atom is 0.0485 e. The van der Waals surface area contributed by atoms with Crippen molar-refractivity contribution in [2.45, 2.75) is 25.3 Å². The molecule has 0 amide bonds. The molecule has 0 saturated carbocycles. The third kappa shape index (κ3) is 3.14. The largest absolute Gasteiger partial charge is 0.329 e. The first kappa shape index (κ1) is 13.2. The first-order valence-corrected chi connectivity index (χ1v) is 6.87. The molecule has 0 bridgehead atoms. The second kappa shape index (κ2) is 6.05. The molecule has 1 aromatic carbocycles. The predicted molar refractivity (Wildman–Crippen MR) is 73.7 cm³/mol. The van der Waals surface area contributed by atoms with E-state index in [4.69, 9.17) is 28.9 Å². The molecule has 1 heterocycles. The molecule has 1 unspecified atom stereocenters. The molecule has 0 radical (unpaired) electrons. The van der Waals surface area contributed by atoms with Crippen LogP contribution in [0.2, 0.25) is 10.0 Å². The third-order valence-corrected chi connectivity index (χ3v) is 3.95. The summed E-state index contributed by atoms with van der Waals surface area (Å²) in [6, 6.07) is 5.81. The van der Waals surface area contributed by atoms with E-state index in [1.165, 1.54) is 19.3 Å². The maximum absolute atomic E-state index is 6.25. The van der Waals surface area contributed by atoms with Gasteiger partial charge in [-0.05, 0) is 49.7 Å². The Hall–Kier alpha value is -0.280. The zero-order chi connectivity index (χ0) is 12.3. The van der Waals surface area contributed by atoms with Gasteiger partial charge in [0.1, 0.15) is 0 Å². The molecule has 0 aliphatic carbocycles. The fourth-order valence-electron chi connectivity index (χ4n) is 2.47. The number of likely N-dealkylation sites (tertiary alicyclic amines) is 1. The van der Waals surface area contributed by atoms with Gasteiger partial charge in [-0.25, -0.2) is 0 Å². The lowest BCUT2D eigenvalue weighted by Crippen LogP contribution is -2.37. The predicted octanol–water partition coefficient (Wildman–Crippen LogP) is 3.48. The molecular formula is C13H18Cl2N2. The van der Waals surface area contributed by atoms with Gasteiger partial charge in [0.15, 0.2) is 0 Å². The molecule has 94 valence electrons. The molecule has 1 aliphatic rings. The number of nitrogens with two attached hydrogens (primary N) is 1. The first-order valence-electron chi connectivity index (χ1n) is 6.11. The highest BCUT2D eigenvalue weighted by Crippen LogP contribution is 2.31. The number of hydrogen-bond donors (Lipinski definition) is 1. The molecular weight excluding hydrogens is 255 g/mol. The van der Waals surface area contributed by atoms with Crippen molar-refractivity contribution >= 4 is 23.2 Å². The molecule has 0 aromatic heterocycles. The van der Waals surface area contributed by atoms with E-state index >= 15 is 0 Å². The average molecular weight is 273 g/mol. The van der Waals surface area contributed by atoms with Crippen LogP contribution in [0.4, 0.5) is 0 Å². The van der Waals surface area contributed by atoms with Crippen LogP contribution < -0.4 is 5.73 Å². The highest BCUT2D eigenvalue weighted by atomic mass is 35.5. The minimum absolute atomic E-state index is 0.196. The van der Waals surface area contributed by atoms with E-state index in [0.717, 1.165) is 28.7 Å². The molecule has 17 heavy (non-hydrogen) atoms. The summed E-state index contributed by atoms with van der Waals surface area (Å²) in [5.74, 6) is 0. The van der Waals surface area contributed by atoms with Crippen molar-refractivity contribution in [2.24, 2.45) is 5.73 Å². The van der Waals surface area contributed by atoms with Gasteiger partial charge in [-0.15, -0.1) is 0 Å². The average Bonchev–Trinajstić information content (AvgIpc) is 2.36. The first-order chi connectivity index (χ1) is 8.22. The lowest BCUT2D eigenvalue weighted by atomic mass is 10.0. The quantitative estimate of drug-likeness (QED) is 0.913. The Morgan fingerprint density at radius 3 is 2.53 bits per heavy atom. The van der Waals surface area contributed by atoms with Crippen molar-refractivity contribution in [3.8, 4) is 0 Å². The summed E-state index contributed by atoms with van der Waals surface area (Å²) in [6.45, 7) is 2.79. The van der Waals surface area contributed by atoms with E-state index < -0.39 is 0 Å². The Kier molecular flexibility index (Phi) is 4.69. The lowest BCUT2D eigenvalue weighted by Gasteiger charge is -2.34. The monoisotopic (exact) mass is 272 g/mol. The Morgan fingerprint density at radius 2 is 1.88 bits per heavy atom. The van der Waals surface area contributed by atoms with E-state index in [9.17, 15) is 0 Å². The Bertz CT molecular complexity index is 376. The van der Waals surface area contributed by atoms with Gasteiger partial charge in [-0.2, -0.15) is 0 Å². The number of piperidine rings is 1. The van der Waals surface area contributed by atoms with Gasteiger partial charge in [0.25, 0.3) is 0 Å². The Morgan fingerprint density at radius 1 is 1.18 bits per heavy atom. The minimum atomic E-state index is 0.196. The molecule has 4 heteroatoms. The van der Waals surface area contributed by atoms with Crippen LogP contribution in [0.3, 0.4) is 0 Å². The van der Waals surface area contributed by atoms with Gasteiger partial charge in [-0.1, -0.05) is 29.6 Å². The van der Waals surface area contributed by atoms with Crippen LogP contribution in [0.1, 0.15) is 30.9 Å². The zero-order valence-electron chi connectivity index (χ0n) is 9.83. The summed E-state index contributed by atoms with van der Waals surface area (Å²) in [7, 11) is 0. The number of halogens is 2. The molecule has 1 atom stereocenters. The van der Waals surface area contributed by atoms with Crippen molar-refractivity contribution in [3.05, 3.63) is 33.8 Å². The molecule has 1 fully saturated rings. The van der Waals surface area contributed by atoms with Crippen LogP contribution in [-0.2, 0) is 0 Å². The maximum atomic E-state index is 6.25. The van der Waals surface area contributed by atoms with E-state index in [0.29, 0.717) is 6.54 Å². The minimum Gasteiger partial charge on any atom is -0.329 e. The van der Waals surface area contributed by atoms with Gasteiger partial charge in [0, 0.05) is 22.6 Å². The van der Waals surface area contributed by atoms with E-state index in [1.807, 2.05) is 18.2 Å². The molecule has 1 aliphatic heterocycles. The third-order valence-electron chi connectivity index (χ3n) is 3.37. The van der Waals surface area contributed by atoms with Crippen LogP contribution in [0, 0.1) is 0 Å². The number of hydrogen-bond acceptors (Lipinski definition) is 2. The van der Waals surface area contributed by atoms with Crippen molar-refractivity contribution in [1.82, 2.24) is 4.90 Å². The van der Waals surface area contributed by atoms with Gasteiger partial charge < -0.3 is 5.73 Å². The van der Waals surface area contributed by atoms with Crippen LogP contribution >= 0.6 is 23.2 Å². The zero-order valence-corrected chi connectivity index (χ0v) is 11.3. The van der Waals surface area contributed by atoms with Crippen molar-refractivity contribution in [1.29, 1.82) is 0 Å². The van der Waals surface area contributed by atoms with Gasteiger partial charge >= 0.3 is 0 Å². The lowest BCUT2D eigenvalue weighted by molar-refractivity contribution is 0.167. The molecule has 1 saturated heterocycles. The van der Waals surface area contributed by atoms with Crippen LogP contribution in [-0.4, -0.2) is 24.5 Å². The smallest absolute Gasteiger partial charge is 0.0485 e. The summed E-state index contributed by atoms with van der Waals surface area (Å²) in [6.07, 6.45) is 3.81. The summed E-state index contributed by atoms with van der Waals surface area (Å²) >= 11 is 12.3. The van der Waals surface area contributed by atoms with E-state index in [1.54, 1.807) is 0 Å². The van der Waals surface area contributed by atoms with Crippen LogP contribution in [0.15, 0.2) is 18.2 Å². The molecule has 2 rings (SSSR count). The highest BCUT2D eigenvalue weighted by molar-refractivity contribution is 6.33. The number of benzene rings is 1. The summed E-state index contributed by atoms with van der Waals surface area (Å²) in [4.78, 5) is 2.42. The fraction of sp³-hybridized carbons (Fsp3) is 0.538. The molecule has 1 aromatic rings. The molecule has 2 N–H and O–H groups in total. The second-order valence-corrected chi connectivity index (χ2v) is 5.36. The van der Waals surface area contributed by atoms with Gasteiger partial charge in [0.05, 0.1) is 0 Å². The Balaban J connectivity index is 2.24. The Labute approximate surface area is 113 Å². The fourth-order valence-corrected chi connectivity index (χ4v) is 2.90. The number of rotatable bonds is 3. The van der Waals surface area contributed by atoms with Gasteiger partial charge in [-0.3, -0.25) is 4.90 Å². The van der Waals surface area contributed by atoms with Crippen LogP contribution in [0.25, 0.3) is 0 Å². The highest BCUT2D eigenvalue weighted by Gasteiger charge is 2.22. The van der Waals surface area contributed by atoms with E-state index in [2.05, 4.69) is 4.90 Å². The van der Waals surface area contributed by atoms with E-state index in [-0.39, 0.29) is 6.04 Å². The van der Waals surface area contributed by atoms with Gasteiger partial charge in [0.2, 0.25) is 0 Å². The van der Waals surface area contributed by atoms with Crippen LogP contribution in [0.5, 0.6) is 0 Å². The summed E-state index contributed by atoms with van der Waals surface area (Å²) < 4.78 is 0. The summed E-state index contributed by atoms with van der Waals surface area (Å²) in [5, 5.41) is 1.48. The number of nitrogens with zero attached hydrogens (tertiary/aromatic N) is 1. The SMILES string of the molecule is NCC(c1cc(Cl)ccc1Cl)N1CCCCC1. The van der Waals surface area contributed by atoms with Crippen molar-refractivity contribution in [3.63, 3.8) is 0 Å². The normalized spacial score (nSPS) is 19.2. The van der Waals surface area contributed by atoms with Crippen molar-refractivity contribution < 1.29 is 0 Å². The second-order valence-electron chi connectivity index (χ2n) is 4.51.